The molecule has 9 heteroatoms. The molecule has 2 aromatic carbocycles. The van der Waals surface area contributed by atoms with Crippen molar-refractivity contribution in [2.45, 2.75) is 0 Å². The fraction of sp³-hybridized carbons (Fsp3) is 0.125. The van der Waals surface area contributed by atoms with Crippen LogP contribution >= 0.6 is 11.6 Å². The maximum Gasteiger partial charge on any atom is 0.314 e. The van der Waals surface area contributed by atoms with Crippen LogP contribution in [0.1, 0.15) is 0 Å². The van der Waals surface area contributed by atoms with Gasteiger partial charge in [0.15, 0.2) is 0 Å². The molecule has 2 aromatic rings. The zero-order chi connectivity index (χ0) is 18.6. The average Bonchev–Trinajstić information content (AvgIpc) is 2.56. The van der Waals surface area contributed by atoms with E-state index in [1.54, 1.807) is 18.2 Å². The quantitative estimate of drug-likeness (QED) is 0.494. The number of halogens is 1. The summed E-state index contributed by atoms with van der Waals surface area (Å²) in [5.41, 5.74) is 1.04. The van der Waals surface area contributed by atoms with Crippen molar-refractivity contribution >= 4 is 46.2 Å². The number of anilines is 3. The summed E-state index contributed by atoms with van der Waals surface area (Å²) < 4.78 is 0. The molecule has 2 rings (SSSR count). The van der Waals surface area contributed by atoms with Gasteiger partial charge in [-0.3, -0.25) is 19.7 Å². The van der Waals surface area contributed by atoms with E-state index in [0.29, 0.717) is 5.69 Å². The lowest BCUT2D eigenvalue weighted by molar-refractivity contribution is -0.384. The summed E-state index contributed by atoms with van der Waals surface area (Å²) >= 11 is 5.70. The van der Waals surface area contributed by atoms with Crippen LogP contribution in [-0.4, -0.2) is 30.8 Å². The number of hydrogen-bond donors (Lipinski definition) is 2. The molecule has 0 saturated heterocycles. The molecule has 0 unspecified atom stereocenters. The summed E-state index contributed by atoms with van der Waals surface area (Å²) in [5, 5.41) is 15.6. The molecule has 2 amide bonds. The van der Waals surface area contributed by atoms with Gasteiger partial charge >= 0.3 is 11.8 Å². The predicted octanol–water partition coefficient (Wildman–Crippen LogP) is 2.89. The smallest absolute Gasteiger partial charge is 0.314 e. The first kappa shape index (κ1) is 18.2. The number of benzene rings is 2. The fourth-order valence-electron chi connectivity index (χ4n) is 1.97. The standard InChI is InChI=1S/C16H15ClN4O4/c1-20(2)12-5-3-4-10(8-12)18-15(22)16(23)19-11-6-7-13(17)14(9-11)21(24)25/h3-9H,1-2H3,(H,18,22)(H,19,23). The topological polar surface area (TPSA) is 105 Å². The third kappa shape index (κ3) is 4.67. The molecular formula is C16H15ClN4O4. The molecule has 130 valence electrons. The van der Waals surface area contributed by atoms with Crippen molar-refractivity contribution in [2.24, 2.45) is 0 Å². The van der Waals surface area contributed by atoms with Crippen molar-refractivity contribution in [3.63, 3.8) is 0 Å². The van der Waals surface area contributed by atoms with E-state index in [1.807, 2.05) is 25.1 Å². The van der Waals surface area contributed by atoms with Gasteiger partial charge in [-0.25, -0.2) is 0 Å². The number of nitrogens with zero attached hydrogens (tertiary/aromatic N) is 2. The minimum Gasteiger partial charge on any atom is -0.378 e. The maximum absolute atomic E-state index is 12.0. The summed E-state index contributed by atoms with van der Waals surface area (Å²) in [6.07, 6.45) is 0. The monoisotopic (exact) mass is 362 g/mol. The van der Waals surface area contributed by atoms with Crippen molar-refractivity contribution in [1.82, 2.24) is 0 Å². The van der Waals surface area contributed by atoms with Crippen LogP contribution in [0.4, 0.5) is 22.7 Å². The lowest BCUT2D eigenvalue weighted by Gasteiger charge is -2.14. The Morgan fingerprint density at radius 2 is 1.64 bits per heavy atom. The first-order valence-electron chi connectivity index (χ1n) is 7.11. The van der Waals surface area contributed by atoms with Crippen molar-refractivity contribution < 1.29 is 14.5 Å². The van der Waals surface area contributed by atoms with Crippen LogP contribution in [0.25, 0.3) is 0 Å². The highest BCUT2D eigenvalue weighted by Gasteiger charge is 2.17. The molecule has 2 N–H and O–H groups in total. The summed E-state index contributed by atoms with van der Waals surface area (Å²) in [6, 6.07) is 10.7. The largest absolute Gasteiger partial charge is 0.378 e. The molecule has 0 aliphatic carbocycles. The van der Waals surface area contributed by atoms with Gasteiger partial charge in [0.25, 0.3) is 5.69 Å². The summed E-state index contributed by atoms with van der Waals surface area (Å²) in [6.45, 7) is 0. The summed E-state index contributed by atoms with van der Waals surface area (Å²) in [7, 11) is 3.70. The molecule has 0 atom stereocenters. The molecule has 0 radical (unpaired) electrons. The van der Waals surface area contributed by atoms with Crippen molar-refractivity contribution in [1.29, 1.82) is 0 Å². The normalized spacial score (nSPS) is 10.0. The maximum atomic E-state index is 12.0. The SMILES string of the molecule is CN(C)c1cccc(NC(=O)C(=O)Nc2ccc(Cl)c([N+](=O)[O-])c2)c1. The molecule has 0 saturated carbocycles. The van der Waals surface area contributed by atoms with E-state index in [0.717, 1.165) is 11.8 Å². The van der Waals surface area contributed by atoms with Gasteiger partial charge in [0.2, 0.25) is 0 Å². The predicted molar refractivity (Wildman–Crippen MR) is 96.1 cm³/mol. The molecule has 0 heterocycles. The first-order chi connectivity index (χ1) is 11.8. The average molecular weight is 363 g/mol. The van der Waals surface area contributed by atoms with Crippen molar-refractivity contribution in [3.05, 3.63) is 57.6 Å². The van der Waals surface area contributed by atoms with E-state index in [4.69, 9.17) is 11.6 Å². The lowest BCUT2D eigenvalue weighted by Crippen LogP contribution is -2.29. The van der Waals surface area contributed by atoms with Gasteiger partial charge in [0.1, 0.15) is 5.02 Å². The fourth-order valence-corrected chi connectivity index (χ4v) is 2.15. The molecule has 25 heavy (non-hydrogen) atoms. The van der Waals surface area contributed by atoms with E-state index in [1.165, 1.54) is 12.1 Å². The van der Waals surface area contributed by atoms with E-state index in [-0.39, 0.29) is 16.4 Å². The minimum absolute atomic E-state index is 0.0621. The van der Waals surface area contributed by atoms with Crippen LogP contribution in [0.2, 0.25) is 5.02 Å². The van der Waals surface area contributed by atoms with Crippen LogP contribution < -0.4 is 15.5 Å². The van der Waals surface area contributed by atoms with Crippen LogP contribution in [0.3, 0.4) is 0 Å². The van der Waals surface area contributed by atoms with E-state index >= 15 is 0 Å². The van der Waals surface area contributed by atoms with Gasteiger partial charge in [-0.2, -0.15) is 0 Å². The molecule has 0 aliphatic rings. The van der Waals surface area contributed by atoms with Gasteiger partial charge in [-0.1, -0.05) is 17.7 Å². The van der Waals surface area contributed by atoms with Gasteiger partial charge < -0.3 is 15.5 Å². The minimum atomic E-state index is -0.952. The van der Waals surface area contributed by atoms with Gasteiger partial charge in [0.05, 0.1) is 4.92 Å². The van der Waals surface area contributed by atoms with Gasteiger partial charge in [-0.15, -0.1) is 0 Å². The highest BCUT2D eigenvalue weighted by Crippen LogP contribution is 2.27. The Bertz CT molecular complexity index is 839. The Kier molecular flexibility index (Phi) is 5.56. The Labute approximate surface area is 148 Å². The van der Waals surface area contributed by atoms with Crippen LogP contribution in [-0.2, 0) is 9.59 Å². The number of nitrogens with one attached hydrogen (secondary N) is 2. The zero-order valence-electron chi connectivity index (χ0n) is 13.4. The van der Waals surface area contributed by atoms with Crippen molar-refractivity contribution in [2.75, 3.05) is 29.6 Å². The number of carbonyl (C=O) groups excluding carboxylic acids is 2. The molecule has 0 aromatic heterocycles. The highest BCUT2D eigenvalue weighted by molar-refractivity contribution is 6.43. The Morgan fingerprint density at radius 1 is 1.04 bits per heavy atom. The second-order valence-corrected chi connectivity index (χ2v) is 5.68. The molecule has 0 fully saturated rings. The Hall–Kier alpha value is -3.13. The van der Waals surface area contributed by atoms with Gasteiger partial charge in [-0.05, 0) is 30.3 Å². The number of rotatable bonds is 4. The first-order valence-corrected chi connectivity index (χ1v) is 7.49. The van der Waals surface area contributed by atoms with Crippen LogP contribution in [0.15, 0.2) is 42.5 Å². The Balaban J connectivity index is 2.08. The molecular weight excluding hydrogens is 348 g/mol. The van der Waals surface area contributed by atoms with Gasteiger partial charge in [0, 0.05) is 37.2 Å². The van der Waals surface area contributed by atoms with Crippen LogP contribution in [0, 0.1) is 10.1 Å². The molecule has 0 aliphatic heterocycles. The highest BCUT2D eigenvalue weighted by atomic mass is 35.5. The third-order valence-electron chi connectivity index (χ3n) is 3.23. The van der Waals surface area contributed by atoms with Crippen molar-refractivity contribution in [3.8, 4) is 0 Å². The Morgan fingerprint density at radius 3 is 2.20 bits per heavy atom. The van der Waals surface area contributed by atoms with E-state index < -0.39 is 16.7 Å². The second-order valence-electron chi connectivity index (χ2n) is 5.28. The lowest BCUT2D eigenvalue weighted by atomic mass is 10.2. The van der Waals surface area contributed by atoms with E-state index in [9.17, 15) is 19.7 Å². The molecule has 0 spiro atoms. The number of hydrogen-bond acceptors (Lipinski definition) is 5. The number of amides is 2. The number of nitro benzene ring substituents is 1. The zero-order valence-corrected chi connectivity index (χ0v) is 14.2. The summed E-state index contributed by atoms with van der Waals surface area (Å²) in [4.78, 5) is 36.0. The molecule has 0 bridgehead atoms. The third-order valence-corrected chi connectivity index (χ3v) is 3.55. The number of carbonyl (C=O) groups is 2. The number of nitro groups is 1. The van der Waals surface area contributed by atoms with E-state index in [2.05, 4.69) is 10.6 Å². The second kappa shape index (κ2) is 7.63. The van der Waals surface area contributed by atoms with Crippen LogP contribution in [0.5, 0.6) is 0 Å². The molecule has 8 nitrogen and oxygen atoms in total. The summed E-state index contributed by atoms with van der Waals surface area (Å²) in [5.74, 6) is -1.85.